The topological polar surface area (TPSA) is 58.6 Å². The number of rotatable bonds is 5. The van der Waals surface area contributed by atoms with E-state index < -0.39 is 5.82 Å². The Hall–Kier alpha value is -1.62. The quantitative estimate of drug-likeness (QED) is 0.769. The van der Waals surface area contributed by atoms with Crippen LogP contribution in [0.1, 0.15) is 5.56 Å². The molecule has 1 rings (SSSR count). The van der Waals surface area contributed by atoms with Gasteiger partial charge >= 0.3 is 0 Å². The van der Waals surface area contributed by atoms with Crippen molar-refractivity contribution in [2.75, 3.05) is 20.3 Å². The normalized spacial score (nSPS) is 9.94. The van der Waals surface area contributed by atoms with Gasteiger partial charge in [0, 0.05) is 6.54 Å². The molecular weight excluding hydrogens is 213 g/mol. The highest BCUT2D eigenvalue weighted by Gasteiger charge is 2.06. The van der Waals surface area contributed by atoms with Gasteiger partial charge in [0.1, 0.15) is 0 Å². The van der Waals surface area contributed by atoms with Crippen molar-refractivity contribution >= 4 is 5.91 Å². The van der Waals surface area contributed by atoms with E-state index in [0.29, 0.717) is 5.56 Å². The molecule has 0 spiro atoms. The second kappa shape index (κ2) is 6.07. The first kappa shape index (κ1) is 12.4. The Labute approximate surface area is 93.0 Å². The van der Waals surface area contributed by atoms with Gasteiger partial charge in [-0.3, -0.25) is 4.79 Å². The van der Waals surface area contributed by atoms with Crippen LogP contribution in [0.2, 0.25) is 0 Å². The van der Waals surface area contributed by atoms with Gasteiger partial charge < -0.3 is 15.2 Å². The summed E-state index contributed by atoms with van der Waals surface area (Å²) in [6.07, 6.45) is 0.0842. The first-order chi connectivity index (χ1) is 7.67. The maximum Gasteiger partial charge on any atom is 0.224 e. The number of aliphatic hydroxyl groups excluding tert-OH is 1. The molecule has 0 fully saturated rings. The van der Waals surface area contributed by atoms with E-state index in [1.165, 1.54) is 19.2 Å². The van der Waals surface area contributed by atoms with Crippen LogP contribution in [0, 0.1) is 5.82 Å². The number of carbonyl (C=O) groups is 1. The summed E-state index contributed by atoms with van der Waals surface area (Å²) in [4.78, 5) is 11.3. The zero-order valence-electron chi connectivity index (χ0n) is 9.00. The molecule has 4 nitrogen and oxygen atoms in total. The standard InChI is InChI=1S/C11H14FNO3/c1-16-10-3-2-8(6-9(10)12)7-11(15)13-4-5-14/h2-3,6,14H,4-5,7H2,1H3,(H,13,15). The molecule has 1 aromatic carbocycles. The van der Waals surface area contributed by atoms with Gasteiger partial charge in [0.15, 0.2) is 11.6 Å². The molecule has 0 aliphatic heterocycles. The Morgan fingerprint density at radius 1 is 1.56 bits per heavy atom. The molecule has 0 atom stereocenters. The molecule has 0 heterocycles. The van der Waals surface area contributed by atoms with Crippen molar-refractivity contribution in [2.45, 2.75) is 6.42 Å². The van der Waals surface area contributed by atoms with Crippen LogP contribution < -0.4 is 10.1 Å². The molecule has 0 saturated carbocycles. The summed E-state index contributed by atoms with van der Waals surface area (Å²) in [7, 11) is 1.38. The highest BCUT2D eigenvalue weighted by Crippen LogP contribution is 2.17. The minimum atomic E-state index is -0.491. The molecule has 0 aromatic heterocycles. The maximum atomic E-state index is 13.3. The van der Waals surface area contributed by atoms with Crippen molar-refractivity contribution in [3.05, 3.63) is 29.6 Å². The van der Waals surface area contributed by atoms with Crippen molar-refractivity contribution in [2.24, 2.45) is 0 Å². The molecular formula is C11H14FNO3. The zero-order valence-corrected chi connectivity index (χ0v) is 9.00. The van der Waals surface area contributed by atoms with E-state index in [0.717, 1.165) is 0 Å². The Morgan fingerprint density at radius 2 is 2.31 bits per heavy atom. The lowest BCUT2D eigenvalue weighted by Gasteiger charge is -2.05. The predicted molar refractivity (Wildman–Crippen MR) is 56.8 cm³/mol. The number of methoxy groups -OCH3 is 1. The van der Waals surface area contributed by atoms with Gasteiger partial charge in [-0.15, -0.1) is 0 Å². The van der Waals surface area contributed by atoms with Crippen molar-refractivity contribution in [3.63, 3.8) is 0 Å². The number of amides is 1. The third-order valence-electron chi connectivity index (χ3n) is 2.01. The highest BCUT2D eigenvalue weighted by molar-refractivity contribution is 5.78. The number of benzene rings is 1. The summed E-state index contributed by atoms with van der Waals surface area (Å²) in [6.45, 7) is 0.0974. The molecule has 1 aromatic rings. The van der Waals surface area contributed by atoms with Gasteiger partial charge in [-0.25, -0.2) is 4.39 Å². The van der Waals surface area contributed by atoms with E-state index in [2.05, 4.69) is 5.32 Å². The second-order valence-corrected chi connectivity index (χ2v) is 3.22. The third-order valence-corrected chi connectivity index (χ3v) is 2.01. The third kappa shape index (κ3) is 3.51. The van der Waals surface area contributed by atoms with Crippen molar-refractivity contribution in [3.8, 4) is 5.75 Å². The summed E-state index contributed by atoms with van der Waals surface area (Å²) in [5.41, 5.74) is 0.564. The van der Waals surface area contributed by atoms with E-state index in [1.54, 1.807) is 6.07 Å². The average molecular weight is 227 g/mol. The second-order valence-electron chi connectivity index (χ2n) is 3.22. The molecule has 2 N–H and O–H groups in total. The lowest BCUT2D eigenvalue weighted by molar-refractivity contribution is -0.120. The maximum absolute atomic E-state index is 13.3. The number of carbonyl (C=O) groups excluding carboxylic acids is 1. The monoisotopic (exact) mass is 227 g/mol. The van der Waals surface area contributed by atoms with Gasteiger partial charge in [-0.1, -0.05) is 6.07 Å². The number of aliphatic hydroxyl groups is 1. The predicted octanol–water partition coefficient (Wildman–Crippen LogP) is 0.485. The average Bonchev–Trinajstić information content (AvgIpc) is 2.26. The molecule has 0 unspecified atom stereocenters. The van der Waals surface area contributed by atoms with Crippen LogP contribution in [0.5, 0.6) is 5.75 Å². The van der Waals surface area contributed by atoms with Gasteiger partial charge in [0.25, 0.3) is 0 Å². The van der Waals surface area contributed by atoms with E-state index in [4.69, 9.17) is 9.84 Å². The lowest BCUT2D eigenvalue weighted by Crippen LogP contribution is -2.27. The highest BCUT2D eigenvalue weighted by atomic mass is 19.1. The molecule has 16 heavy (non-hydrogen) atoms. The SMILES string of the molecule is COc1ccc(CC(=O)NCCO)cc1F. The van der Waals surface area contributed by atoms with Crippen LogP contribution in [0.3, 0.4) is 0 Å². The number of halogens is 1. The molecule has 88 valence electrons. The fourth-order valence-corrected chi connectivity index (χ4v) is 1.26. The van der Waals surface area contributed by atoms with Crippen LogP contribution in [0.25, 0.3) is 0 Å². The van der Waals surface area contributed by atoms with Crippen molar-refractivity contribution in [1.82, 2.24) is 5.32 Å². The molecule has 1 amide bonds. The summed E-state index contributed by atoms with van der Waals surface area (Å²) in [6, 6.07) is 4.36. The first-order valence-corrected chi connectivity index (χ1v) is 4.87. The summed E-state index contributed by atoms with van der Waals surface area (Å²) in [5, 5.41) is 11.0. The molecule has 0 radical (unpaired) electrons. The summed E-state index contributed by atoms with van der Waals surface area (Å²) in [5.74, 6) is -0.590. The van der Waals surface area contributed by atoms with Gasteiger partial charge in [0.2, 0.25) is 5.91 Å². The number of hydrogen-bond donors (Lipinski definition) is 2. The molecule has 0 aliphatic carbocycles. The Bertz CT molecular complexity index is 368. The van der Waals surface area contributed by atoms with Gasteiger partial charge in [0.05, 0.1) is 20.1 Å². The van der Waals surface area contributed by atoms with Gasteiger partial charge in [-0.05, 0) is 17.7 Å². The molecule has 0 saturated heterocycles. The van der Waals surface area contributed by atoms with E-state index in [9.17, 15) is 9.18 Å². The zero-order chi connectivity index (χ0) is 12.0. The lowest BCUT2D eigenvalue weighted by atomic mass is 10.1. The largest absolute Gasteiger partial charge is 0.494 e. The van der Waals surface area contributed by atoms with Crippen LogP contribution in [-0.4, -0.2) is 31.3 Å². The Balaban J connectivity index is 2.61. The first-order valence-electron chi connectivity index (χ1n) is 4.87. The van der Waals surface area contributed by atoms with E-state index >= 15 is 0 Å². The van der Waals surface area contributed by atoms with Crippen molar-refractivity contribution < 1.29 is 19.0 Å². The molecule has 0 bridgehead atoms. The fraction of sp³-hybridized carbons (Fsp3) is 0.364. The Morgan fingerprint density at radius 3 is 2.88 bits per heavy atom. The summed E-state index contributed by atoms with van der Waals surface area (Å²) >= 11 is 0. The van der Waals surface area contributed by atoms with Crippen LogP contribution in [-0.2, 0) is 11.2 Å². The molecule has 5 heteroatoms. The van der Waals surface area contributed by atoms with Crippen LogP contribution >= 0.6 is 0 Å². The minimum Gasteiger partial charge on any atom is -0.494 e. The van der Waals surface area contributed by atoms with E-state index in [-0.39, 0.29) is 31.2 Å². The van der Waals surface area contributed by atoms with E-state index in [1.807, 2.05) is 0 Å². The van der Waals surface area contributed by atoms with Crippen molar-refractivity contribution in [1.29, 1.82) is 0 Å². The van der Waals surface area contributed by atoms with Crippen LogP contribution in [0.15, 0.2) is 18.2 Å². The number of hydrogen-bond acceptors (Lipinski definition) is 3. The number of nitrogens with one attached hydrogen (secondary N) is 1. The minimum absolute atomic E-state index is 0.0842. The summed E-state index contributed by atoms with van der Waals surface area (Å²) < 4.78 is 18.0. The van der Waals surface area contributed by atoms with Crippen LogP contribution in [0.4, 0.5) is 4.39 Å². The smallest absolute Gasteiger partial charge is 0.224 e. The van der Waals surface area contributed by atoms with Gasteiger partial charge in [-0.2, -0.15) is 0 Å². The molecule has 0 aliphatic rings. The number of ether oxygens (including phenoxy) is 1. The fourth-order valence-electron chi connectivity index (χ4n) is 1.26. The Kier molecular flexibility index (Phi) is 4.72.